The number of hydrogen-bond acceptors (Lipinski definition) is 6. The maximum atomic E-state index is 12.1. The zero-order valence-electron chi connectivity index (χ0n) is 15.8. The van der Waals surface area contributed by atoms with Crippen LogP contribution in [-0.2, 0) is 24.3 Å². The molecule has 0 atom stereocenters. The number of benzene rings is 2. The first-order valence-corrected chi connectivity index (χ1v) is 9.86. The average Bonchev–Trinajstić information content (AvgIpc) is 2.66. The van der Waals surface area contributed by atoms with Gasteiger partial charge in [0.1, 0.15) is 12.3 Å². The summed E-state index contributed by atoms with van der Waals surface area (Å²) >= 11 is 0. The number of aryl methyl sites for hydroxylation is 2. The fourth-order valence-corrected chi connectivity index (χ4v) is 3.36. The van der Waals surface area contributed by atoms with Crippen LogP contribution >= 0.6 is 0 Å². The molecule has 0 bridgehead atoms. The molecule has 0 radical (unpaired) electrons. The summed E-state index contributed by atoms with van der Waals surface area (Å²) in [5, 5.41) is 2.64. The highest BCUT2D eigenvalue weighted by Crippen LogP contribution is 2.22. The molecule has 0 aliphatic carbocycles. The Morgan fingerprint density at radius 2 is 1.61 bits per heavy atom. The van der Waals surface area contributed by atoms with E-state index >= 15 is 0 Å². The molecule has 8 nitrogen and oxygen atoms in total. The van der Waals surface area contributed by atoms with E-state index in [-0.39, 0.29) is 17.4 Å². The fraction of sp³-hybridized carbons (Fsp3) is 0.263. The first kappa shape index (κ1) is 21.4. The number of esters is 1. The van der Waals surface area contributed by atoms with E-state index in [9.17, 15) is 18.0 Å². The second-order valence-corrected chi connectivity index (χ2v) is 7.75. The van der Waals surface area contributed by atoms with E-state index in [0.29, 0.717) is 11.4 Å². The number of nitrogens with one attached hydrogen (secondary N) is 2. The molecule has 0 saturated heterocycles. The monoisotopic (exact) mass is 406 g/mol. The van der Waals surface area contributed by atoms with Gasteiger partial charge in [-0.15, -0.1) is 0 Å². The summed E-state index contributed by atoms with van der Waals surface area (Å²) in [6, 6.07) is 11.2. The molecule has 0 heterocycles. The van der Waals surface area contributed by atoms with Gasteiger partial charge in [0, 0.05) is 5.69 Å². The Kier molecular flexibility index (Phi) is 7.13. The quantitative estimate of drug-likeness (QED) is 0.647. The number of methoxy groups -OCH3 is 1. The molecule has 0 unspecified atom stereocenters. The third-order valence-electron chi connectivity index (χ3n) is 3.84. The predicted octanol–water partition coefficient (Wildman–Crippen LogP) is 1.77. The highest BCUT2D eigenvalue weighted by atomic mass is 32.2. The standard InChI is InChI=1S/C19H22N2O6S/c1-13-5-4-6-14(2)19(13)27-12-17(22)21-15-7-9-16(10-8-15)28(24,25)20-11-18(23)26-3/h4-10,20H,11-12H2,1-3H3,(H,21,22). The number of sulfonamides is 1. The molecule has 150 valence electrons. The zero-order valence-corrected chi connectivity index (χ0v) is 16.6. The van der Waals surface area contributed by atoms with Gasteiger partial charge in [-0.25, -0.2) is 8.42 Å². The van der Waals surface area contributed by atoms with Crippen LogP contribution in [0.15, 0.2) is 47.4 Å². The van der Waals surface area contributed by atoms with Gasteiger partial charge in [-0.05, 0) is 49.2 Å². The smallest absolute Gasteiger partial charge is 0.320 e. The minimum absolute atomic E-state index is 0.0406. The third-order valence-corrected chi connectivity index (χ3v) is 5.26. The number of carbonyl (C=O) groups is 2. The number of para-hydroxylation sites is 1. The van der Waals surface area contributed by atoms with E-state index in [1.165, 1.54) is 24.3 Å². The molecule has 9 heteroatoms. The van der Waals surface area contributed by atoms with Gasteiger partial charge >= 0.3 is 5.97 Å². The molecule has 1 amide bonds. The first-order chi connectivity index (χ1) is 13.2. The number of carbonyl (C=O) groups excluding carboxylic acids is 2. The predicted molar refractivity (Wildman–Crippen MR) is 104 cm³/mol. The normalized spacial score (nSPS) is 11.0. The van der Waals surface area contributed by atoms with Crippen molar-refractivity contribution in [3.63, 3.8) is 0 Å². The van der Waals surface area contributed by atoms with Crippen LogP contribution < -0.4 is 14.8 Å². The molecule has 2 aromatic rings. The SMILES string of the molecule is COC(=O)CNS(=O)(=O)c1ccc(NC(=O)COc2c(C)cccc2C)cc1. The van der Waals surface area contributed by atoms with Crippen LogP contribution in [0.1, 0.15) is 11.1 Å². The van der Waals surface area contributed by atoms with Crippen molar-refractivity contribution in [2.45, 2.75) is 18.7 Å². The maximum Gasteiger partial charge on any atom is 0.320 e. The fourth-order valence-electron chi connectivity index (χ4n) is 2.39. The summed E-state index contributed by atoms with van der Waals surface area (Å²) in [5.41, 5.74) is 2.28. The van der Waals surface area contributed by atoms with Crippen LogP contribution in [0.5, 0.6) is 5.75 Å². The number of ether oxygens (including phenoxy) is 2. The third kappa shape index (κ3) is 5.80. The molecule has 0 fully saturated rings. The van der Waals surface area contributed by atoms with Crippen molar-refractivity contribution in [3.8, 4) is 5.75 Å². The lowest BCUT2D eigenvalue weighted by atomic mass is 10.1. The molecule has 0 spiro atoms. The first-order valence-electron chi connectivity index (χ1n) is 8.38. The molecule has 0 aliphatic rings. The number of amides is 1. The minimum Gasteiger partial charge on any atom is -0.483 e. The number of hydrogen-bond donors (Lipinski definition) is 2. The minimum atomic E-state index is -3.85. The molecule has 0 aliphatic heterocycles. The van der Waals surface area contributed by atoms with Crippen LogP contribution in [-0.4, -0.2) is 40.6 Å². The van der Waals surface area contributed by atoms with Crippen LogP contribution in [0, 0.1) is 13.8 Å². The van der Waals surface area contributed by atoms with Crippen molar-refractivity contribution in [1.29, 1.82) is 0 Å². The van der Waals surface area contributed by atoms with Gasteiger partial charge in [0.25, 0.3) is 5.91 Å². The largest absolute Gasteiger partial charge is 0.483 e. The Hall–Kier alpha value is -2.91. The highest BCUT2D eigenvalue weighted by Gasteiger charge is 2.16. The summed E-state index contributed by atoms with van der Waals surface area (Å²) in [7, 11) is -2.69. The number of rotatable bonds is 8. The van der Waals surface area contributed by atoms with Gasteiger partial charge in [-0.3, -0.25) is 9.59 Å². The second kappa shape index (κ2) is 9.34. The Labute approximate surface area is 163 Å². The zero-order chi connectivity index (χ0) is 20.7. The van der Waals surface area contributed by atoms with Crippen molar-refractivity contribution < 1.29 is 27.5 Å². The van der Waals surface area contributed by atoms with E-state index in [2.05, 4.69) is 14.8 Å². The van der Waals surface area contributed by atoms with Gasteiger partial charge in [0.2, 0.25) is 10.0 Å². The van der Waals surface area contributed by atoms with Crippen LogP contribution in [0.25, 0.3) is 0 Å². The van der Waals surface area contributed by atoms with E-state index in [1.54, 1.807) is 0 Å². The Morgan fingerprint density at radius 1 is 1.00 bits per heavy atom. The van der Waals surface area contributed by atoms with Crippen molar-refractivity contribution in [2.24, 2.45) is 0 Å². The molecule has 2 N–H and O–H groups in total. The van der Waals surface area contributed by atoms with Crippen molar-refractivity contribution in [3.05, 3.63) is 53.6 Å². The number of anilines is 1. The molecule has 2 rings (SSSR count). The highest BCUT2D eigenvalue weighted by molar-refractivity contribution is 7.89. The van der Waals surface area contributed by atoms with Gasteiger partial charge in [-0.1, -0.05) is 18.2 Å². The second-order valence-electron chi connectivity index (χ2n) is 5.98. The molecule has 0 aromatic heterocycles. The van der Waals surface area contributed by atoms with Crippen LogP contribution in [0.3, 0.4) is 0 Å². The van der Waals surface area contributed by atoms with Gasteiger partial charge in [0.15, 0.2) is 6.61 Å². The maximum absolute atomic E-state index is 12.1. The Bertz CT molecular complexity index is 935. The summed E-state index contributed by atoms with van der Waals surface area (Å²) < 4.78 is 36.3. The van der Waals surface area contributed by atoms with E-state index in [4.69, 9.17) is 4.74 Å². The Balaban J connectivity index is 1.94. The van der Waals surface area contributed by atoms with E-state index in [1.807, 2.05) is 32.0 Å². The summed E-state index contributed by atoms with van der Waals surface area (Å²) in [5.74, 6) is -0.408. The molecule has 2 aromatic carbocycles. The lowest BCUT2D eigenvalue weighted by Gasteiger charge is -2.12. The summed E-state index contributed by atoms with van der Waals surface area (Å²) in [6.07, 6.45) is 0. The van der Waals surface area contributed by atoms with Gasteiger partial charge in [-0.2, -0.15) is 4.72 Å². The Morgan fingerprint density at radius 3 is 2.18 bits per heavy atom. The van der Waals surface area contributed by atoms with E-state index in [0.717, 1.165) is 18.2 Å². The molecule has 28 heavy (non-hydrogen) atoms. The van der Waals surface area contributed by atoms with Crippen molar-refractivity contribution in [1.82, 2.24) is 4.72 Å². The molecular weight excluding hydrogens is 384 g/mol. The summed E-state index contributed by atoms with van der Waals surface area (Å²) in [6.45, 7) is 3.15. The van der Waals surface area contributed by atoms with Crippen LogP contribution in [0.2, 0.25) is 0 Å². The van der Waals surface area contributed by atoms with E-state index < -0.39 is 22.5 Å². The van der Waals surface area contributed by atoms with Crippen molar-refractivity contribution >= 4 is 27.6 Å². The lowest BCUT2D eigenvalue weighted by Crippen LogP contribution is -2.30. The molecular formula is C19H22N2O6S. The average molecular weight is 406 g/mol. The topological polar surface area (TPSA) is 111 Å². The van der Waals surface area contributed by atoms with Crippen LogP contribution in [0.4, 0.5) is 5.69 Å². The van der Waals surface area contributed by atoms with Gasteiger partial charge < -0.3 is 14.8 Å². The molecule has 0 saturated carbocycles. The van der Waals surface area contributed by atoms with Gasteiger partial charge in [0.05, 0.1) is 12.0 Å². The van der Waals surface area contributed by atoms with Crippen molar-refractivity contribution in [2.75, 3.05) is 25.6 Å². The summed E-state index contributed by atoms with van der Waals surface area (Å²) in [4.78, 5) is 23.1. The lowest BCUT2D eigenvalue weighted by molar-refractivity contribution is -0.139.